The molecule has 134 valence electrons. The standard InChI is InChI=1S/C19H25N3O3/c1-14(23)20-16-7-6-8-17(12-16)22-13-15(11-18(22)24)19(25)21-9-4-2-3-5-10-21/h6-8,12,15H,2-5,9-11,13H2,1H3,(H,20,23). The zero-order valence-corrected chi connectivity index (χ0v) is 14.7. The van der Waals surface area contributed by atoms with E-state index in [9.17, 15) is 14.4 Å². The van der Waals surface area contributed by atoms with Crippen LogP contribution in [0.25, 0.3) is 0 Å². The maximum atomic E-state index is 12.8. The third-order valence-corrected chi connectivity index (χ3v) is 4.87. The molecule has 3 amide bonds. The second-order valence-corrected chi connectivity index (χ2v) is 6.88. The van der Waals surface area contributed by atoms with Crippen molar-refractivity contribution in [3.63, 3.8) is 0 Å². The summed E-state index contributed by atoms with van der Waals surface area (Å²) in [6, 6.07) is 7.20. The fraction of sp³-hybridized carbons (Fsp3) is 0.526. The molecule has 1 atom stereocenters. The number of carbonyl (C=O) groups excluding carboxylic acids is 3. The summed E-state index contributed by atoms with van der Waals surface area (Å²) < 4.78 is 0. The smallest absolute Gasteiger partial charge is 0.228 e. The van der Waals surface area contributed by atoms with Crippen molar-refractivity contribution in [2.75, 3.05) is 29.9 Å². The monoisotopic (exact) mass is 343 g/mol. The number of likely N-dealkylation sites (tertiary alicyclic amines) is 1. The fourth-order valence-electron chi connectivity index (χ4n) is 3.63. The van der Waals surface area contributed by atoms with Crippen LogP contribution in [-0.4, -0.2) is 42.3 Å². The van der Waals surface area contributed by atoms with Crippen molar-refractivity contribution in [3.8, 4) is 0 Å². The molecular formula is C19H25N3O3. The summed E-state index contributed by atoms with van der Waals surface area (Å²) in [5.41, 5.74) is 1.38. The molecule has 25 heavy (non-hydrogen) atoms. The molecule has 3 rings (SSSR count). The topological polar surface area (TPSA) is 69.7 Å². The van der Waals surface area contributed by atoms with Gasteiger partial charge in [0.05, 0.1) is 5.92 Å². The molecule has 0 aliphatic carbocycles. The molecule has 2 saturated heterocycles. The summed E-state index contributed by atoms with van der Waals surface area (Å²) in [6.07, 6.45) is 4.72. The molecule has 0 saturated carbocycles. The van der Waals surface area contributed by atoms with Crippen LogP contribution in [0.3, 0.4) is 0 Å². The largest absolute Gasteiger partial charge is 0.342 e. The average Bonchev–Trinajstić information content (AvgIpc) is 2.79. The highest BCUT2D eigenvalue weighted by Gasteiger charge is 2.37. The normalized spacial score (nSPS) is 21.2. The summed E-state index contributed by atoms with van der Waals surface area (Å²) in [4.78, 5) is 40.0. The van der Waals surface area contributed by atoms with Crippen molar-refractivity contribution in [1.82, 2.24) is 4.90 Å². The van der Waals surface area contributed by atoms with Gasteiger partial charge in [0.15, 0.2) is 0 Å². The Morgan fingerprint density at radius 3 is 2.52 bits per heavy atom. The SMILES string of the molecule is CC(=O)Nc1cccc(N2CC(C(=O)N3CCCCCC3)CC2=O)c1. The van der Waals surface area contributed by atoms with E-state index in [0.29, 0.717) is 12.2 Å². The lowest BCUT2D eigenvalue weighted by Gasteiger charge is -2.24. The van der Waals surface area contributed by atoms with Gasteiger partial charge in [-0.2, -0.15) is 0 Å². The van der Waals surface area contributed by atoms with Crippen molar-refractivity contribution in [2.45, 2.75) is 39.0 Å². The number of rotatable bonds is 3. The van der Waals surface area contributed by atoms with Gasteiger partial charge in [0.2, 0.25) is 17.7 Å². The van der Waals surface area contributed by atoms with E-state index in [2.05, 4.69) is 5.32 Å². The highest BCUT2D eigenvalue weighted by molar-refractivity contribution is 6.01. The van der Waals surface area contributed by atoms with Crippen molar-refractivity contribution >= 4 is 29.1 Å². The van der Waals surface area contributed by atoms with E-state index in [0.717, 1.165) is 31.6 Å². The molecule has 0 bridgehead atoms. The average molecular weight is 343 g/mol. The second-order valence-electron chi connectivity index (χ2n) is 6.88. The Balaban J connectivity index is 1.69. The number of carbonyl (C=O) groups is 3. The van der Waals surface area contributed by atoms with E-state index in [1.54, 1.807) is 23.1 Å². The fourth-order valence-corrected chi connectivity index (χ4v) is 3.63. The summed E-state index contributed by atoms with van der Waals surface area (Å²) in [7, 11) is 0. The third-order valence-electron chi connectivity index (χ3n) is 4.87. The zero-order chi connectivity index (χ0) is 17.8. The molecular weight excluding hydrogens is 318 g/mol. The molecule has 2 heterocycles. The number of hydrogen-bond donors (Lipinski definition) is 1. The molecule has 1 aromatic carbocycles. The first-order chi connectivity index (χ1) is 12.0. The minimum absolute atomic E-state index is 0.0341. The van der Waals surface area contributed by atoms with Crippen LogP contribution in [0.1, 0.15) is 39.0 Å². The number of anilines is 2. The minimum atomic E-state index is -0.268. The molecule has 1 aromatic rings. The molecule has 0 spiro atoms. The highest BCUT2D eigenvalue weighted by Crippen LogP contribution is 2.28. The molecule has 6 heteroatoms. The maximum Gasteiger partial charge on any atom is 0.228 e. The zero-order valence-electron chi connectivity index (χ0n) is 14.7. The van der Waals surface area contributed by atoms with Crippen LogP contribution >= 0.6 is 0 Å². The van der Waals surface area contributed by atoms with Crippen LogP contribution in [0.15, 0.2) is 24.3 Å². The van der Waals surface area contributed by atoms with E-state index < -0.39 is 0 Å². The number of hydrogen-bond acceptors (Lipinski definition) is 3. The third kappa shape index (κ3) is 4.18. The lowest BCUT2D eigenvalue weighted by molar-refractivity contribution is -0.135. The first-order valence-corrected chi connectivity index (χ1v) is 9.01. The molecule has 2 aliphatic rings. The number of amides is 3. The quantitative estimate of drug-likeness (QED) is 0.916. The van der Waals surface area contributed by atoms with Crippen molar-refractivity contribution in [3.05, 3.63) is 24.3 Å². The van der Waals surface area contributed by atoms with Crippen molar-refractivity contribution < 1.29 is 14.4 Å². The lowest BCUT2D eigenvalue weighted by atomic mass is 10.1. The van der Waals surface area contributed by atoms with E-state index in [4.69, 9.17) is 0 Å². The van der Waals surface area contributed by atoms with E-state index >= 15 is 0 Å². The summed E-state index contributed by atoms with van der Waals surface area (Å²) >= 11 is 0. The van der Waals surface area contributed by atoms with Gasteiger partial charge >= 0.3 is 0 Å². The maximum absolute atomic E-state index is 12.8. The highest BCUT2D eigenvalue weighted by atomic mass is 16.2. The summed E-state index contributed by atoms with van der Waals surface area (Å²) in [6.45, 7) is 3.48. The van der Waals surface area contributed by atoms with E-state index in [-0.39, 0.29) is 30.1 Å². The van der Waals surface area contributed by atoms with Crippen LogP contribution in [0.4, 0.5) is 11.4 Å². The predicted octanol–water partition coefficient (Wildman–Crippen LogP) is 2.40. The first kappa shape index (κ1) is 17.5. The lowest BCUT2D eigenvalue weighted by Crippen LogP contribution is -2.38. The van der Waals surface area contributed by atoms with Crippen LogP contribution in [0.5, 0.6) is 0 Å². The first-order valence-electron chi connectivity index (χ1n) is 9.01. The van der Waals surface area contributed by atoms with Crippen LogP contribution in [0.2, 0.25) is 0 Å². The molecule has 2 aliphatic heterocycles. The Bertz CT molecular complexity index is 666. The second kappa shape index (κ2) is 7.68. The predicted molar refractivity (Wildman–Crippen MR) is 96.3 cm³/mol. The van der Waals surface area contributed by atoms with E-state index in [1.807, 2.05) is 11.0 Å². The van der Waals surface area contributed by atoms with E-state index in [1.165, 1.54) is 19.8 Å². The van der Waals surface area contributed by atoms with Gasteiger partial charge in [-0.25, -0.2) is 0 Å². The number of nitrogens with zero attached hydrogens (tertiary/aromatic N) is 2. The van der Waals surface area contributed by atoms with Crippen LogP contribution in [-0.2, 0) is 14.4 Å². The molecule has 1 unspecified atom stereocenters. The van der Waals surface area contributed by atoms with Crippen molar-refractivity contribution in [2.24, 2.45) is 5.92 Å². The van der Waals surface area contributed by atoms with Gasteiger partial charge in [0.25, 0.3) is 0 Å². The molecule has 6 nitrogen and oxygen atoms in total. The Kier molecular flexibility index (Phi) is 5.36. The molecule has 0 radical (unpaired) electrons. The Morgan fingerprint density at radius 2 is 1.84 bits per heavy atom. The van der Waals surface area contributed by atoms with Gasteiger partial charge in [0.1, 0.15) is 0 Å². The van der Waals surface area contributed by atoms with Crippen LogP contribution in [0, 0.1) is 5.92 Å². The van der Waals surface area contributed by atoms with Crippen molar-refractivity contribution in [1.29, 1.82) is 0 Å². The van der Waals surface area contributed by atoms with Gasteiger partial charge in [-0.1, -0.05) is 18.9 Å². The Labute approximate surface area is 148 Å². The molecule has 1 N–H and O–H groups in total. The van der Waals surface area contributed by atoms with Gasteiger partial charge in [-0.15, -0.1) is 0 Å². The van der Waals surface area contributed by atoms with Gasteiger partial charge in [0, 0.05) is 44.4 Å². The Hall–Kier alpha value is -2.37. The summed E-state index contributed by atoms with van der Waals surface area (Å²) in [5, 5.41) is 2.72. The van der Waals surface area contributed by atoms with Crippen LogP contribution < -0.4 is 10.2 Å². The van der Waals surface area contributed by atoms with Gasteiger partial charge in [-0.05, 0) is 31.0 Å². The number of nitrogens with one attached hydrogen (secondary N) is 1. The van der Waals surface area contributed by atoms with Gasteiger partial charge < -0.3 is 15.1 Å². The summed E-state index contributed by atoms with van der Waals surface area (Å²) in [5.74, 6) is -0.349. The molecule has 2 fully saturated rings. The molecule has 0 aromatic heterocycles. The Morgan fingerprint density at radius 1 is 1.12 bits per heavy atom. The minimum Gasteiger partial charge on any atom is -0.342 e. The van der Waals surface area contributed by atoms with Gasteiger partial charge in [-0.3, -0.25) is 14.4 Å². The number of benzene rings is 1.